The summed E-state index contributed by atoms with van der Waals surface area (Å²) in [6, 6.07) is 9.52. The lowest BCUT2D eigenvalue weighted by molar-refractivity contribution is 0.600. The minimum absolute atomic E-state index is 0.0154. The molecular formula is C12H12N2O3S2. The number of hydrogen-bond acceptors (Lipinski definition) is 4. The summed E-state index contributed by atoms with van der Waals surface area (Å²) in [6.45, 7) is 0. The predicted octanol–water partition coefficient (Wildman–Crippen LogP) is 1.90. The summed E-state index contributed by atoms with van der Waals surface area (Å²) in [5.41, 5.74) is 0.140. The van der Waals surface area contributed by atoms with E-state index in [1.807, 2.05) is 12.3 Å². The highest BCUT2D eigenvalue weighted by molar-refractivity contribution is 7.98. The van der Waals surface area contributed by atoms with Gasteiger partial charge in [0.05, 0.1) is 0 Å². The zero-order valence-electron chi connectivity index (χ0n) is 10.1. The average molecular weight is 296 g/mol. The van der Waals surface area contributed by atoms with Crippen LogP contribution in [0.4, 0.5) is 5.69 Å². The molecule has 19 heavy (non-hydrogen) atoms. The molecule has 2 rings (SSSR count). The molecule has 2 aromatic rings. The molecule has 1 aromatic heterocycles. The number of pyridine rings is 1. The van der Waals surface area contributed by atoms with Gasteiger partial charge in [0.1, 0.15) is 4.90 Å². The summed E-state index contributed by atoms with van der Waals surface area (Å²) >= 11 is 1.52. The van der Waals surface area contributed by atoms with Crippen LogP contribution in [0.1, 0.15) is 0 Å². The molecule has 0 aliphatic carbocycles. The summed E-state index contributed by atoms with van der Waals surface area (Å²) < 4.78 is 26.6. The maximum atomic E-state index is 12.1. The van der Waals surface area contributed by atoms with E-state index in [1.54, 1.807) is 18.2 Å². The zero-order valence-corrected chi connectivity index (χ0v) is 11.7. The molecule has 0 aliphatic heterocycles. The Bertz CT molecular complexity index is 718. The highest BCUT2D eigenvalue weighted by atomic mass is 32.2. The van der Waals surface area contributed by atoms with E-state index in [0.717, 1.165) is 4.90 Å². The third-order valence-corrected chi connectivity index (χ3v) is 4.49. The van der Waals surface area contributed by atoms with Gasteiger partial charge in [-0.1, -0.05) is 6.07 Å². The van der Waals surface area contributed by atoms with Gasteiger partial charge in [-0.05, 0) is 30.5 Å². The van der Waals surface area contributed by atoms with E-state index in [2.05, 4.69) is 9.71 Å². The smallest absolute Gasteiger partial charge is 0.263 e. The van der Waals surface area contributed by atoms with Crippen molar-refractivity contribution >= 4 is 27.5 Å². The van der Waals surface area contributed by atoms with Gasteiger partial charge in [-0.15, -0.1) is 11.8 Å². The molecule has 0 spiro atoms. The fourth-order valence-electron chi connectivity index (χ4n) is 1.46. The number of benzene rings is 1. The molecular weight excluding hydrogens is 284 g/mol. The molecule has 0 radical (unpaired) electrons. The average Bonchev–Trinajstić information content (AvgIpc) is 2.39. The quantitative estimate of drug-likeness (QED) is 0.845. The number of hydrogen-bond donors (Lipinski definition) is 2. The highest BCUT2D eigenvalue weighted by Gasteiger charge is 2.14. The molecule has 2 N–H and O–H groups in total. The Hall–Kier alpha value is -1.73. The van der Waals surface area contributed by atoms with Gasteiger partial charge >= 0.3 is 0 Å². The van der Waals surface area contributed by atoms with Crippen molar-refractivity contribution in [1.29, 1.82) is 0 Å². The summed E-state index contributed by atoms with van der Waals surface area (Å²) in [7, 11) is -3.68. The second-order valence-electron chi connectivity index (χ2n) is 3.73. The maximum Gasteiger partial charge on any atom is 0.263 e. The fourth-order valence-corrected chi connectivity index (χ4v) is 2.94. The second kappa shape index (κ2) is 5.50. The predicted molar refractivity (Wildman–Crippen MR) is 76.1 cm³/mol. The van der Waals surface area contributed by atoms with E-state index in [-0.39, 0.29) is 10.5 Å². The van der Waals surface area contributed by atoms with Crippen molar-refractivity contribution < 1.29 is 8.42 Å². The molecule has 0 aliphatic rings. The molecule has 0 amide bonds. The van der Waals surface area contributed by atoms with Gasteiger partial charge in [0.25, 0.3) is 10.0 Å². The zero-order chi connectivity index (χ0) is 13.9. The Morgan fingerprint density at radius 2 is 2.00 bits per heavy atom. The van der Waals surface area contributed by atoms with Crippen molar-refractivity contribution in [3.63, 3.8) is 0 Å². The molecule has 0 bridgehead atoms. The molecule has 0 atom stereocenters. The number of sulfonamides is 1. The Morgan fingerprint density at radius 1 is 1.21 bits per heavy atom. The number of aromatic amines is 1. The van der Waals surface area contributed by atoms with Crippen LogP contribution < -0.4 is 10.3 Å². The first kappa shape index (κ1) is 13.7. The molecule has 5 nitrogen and oxygen atoms in total. The van der Waals surface area contributed by atoms with Crippen molar-refractivity contribution in [1.82, 2.24) is 4.98 Å². The number of thioether (sulfide) groups is 1. The number of rotatable bonds is 4. The first-order chi connectivity index (χ1) is 9.01. The Kier molecular flexibility index (Phi) is 3.96. The third-order valence-electron chi connectivity index (χ3n) is 2.39. The first-order valence-electron chi connectivity index (χ1n) is 5.37. The fraction of sp³-hybridized carbons (Fsp3) is 0.0833. The van der Waals surface area contributed by atoms with E-state index in [0.29, 0.717) is 5.69 Å². The molecule has 1 aromatic carbocycles. The number of H-pyrrole nitrogens is 1. The van der Waals surface area contributed by atoms with Crippen LogP contribution in [0.25, 0.3) is 0 Å². The van der Waals surface area contributed by atoms with Gasteiger partial charge in [-0.25, -0.2) is 8.42 Å². The van der Waals surface area contributed by atoms with Gasteiger partial charge < -0.3 is 4.98 Å². The normalized spacial score (nSPS) is 11.2. The molecule has 0 saturated heterocycles. The van der Waals surface area contributed by atoms with Gasteiger partial charge in [-0.2, -0.15) is 0 Å². The van der Waals surface area contributed by atoms with E-state index in [4.69, 9.17) is 0 Å². The first-order valence-corrected chi connectivity index (χ1v) is 8.08. The van der Waals surface area contributed by atoms with Crippen LogP contribution in [-0.4, -0.2) is 19.7 Å². The molecule has 7 heteroatoms. The number of aromatic nitrogens is 1. The van der Waals surface area contributed by atoms with Crippen molar-refractivity contribution in [2.24, 2.45) is 0 Å². The van der Waals surface area contributed by atoms with Crippen LogP contribution in [0.5, 0.6) is 0 Å². The van der Waals surface area contributed by atoms with Crippen molar-refractivity contribution in [2.75, 3.05) is 11.0 Å². The van der Waals surface area contributed by atoms with Crippen molar-refractivity contribution in [3.8, 4) is 0 Å². The number of anilines is 1. The van der Waals surface area contributed by atoms with Crippen molar-refractivity contribution in [3.05, 3.63) is 52.9 Å². The molecule has 1 heterocycles. The lowest BCUT2D eigenvalue weighted by Gasteiger charge is -2.08. The van der Waals surface area contributed by atoms with Gasteiger partial charge in [0, 0.05) is 22.8 Å². The molecule has 0 fully saturated rings. The lowest BCUT2D eigenvalue weighted by atomic mass is 10.3. The van der Waals surface area contributed by atoms with E-state index in [9.17, 15) is 13.2 Å². The molecule has 0 saturated carbocycles. The summed E-state index contributed by atoms with van der Waals surface area (Å²) in [5.74, 6) is 0. The van der Waals surface area contributed by atoms with E-state index in [1.165, 1.54) is 30.1 Å². The summed E-state index contributed by atoms with van der Waals surface area (Å²) in [5, 5.41) is 0. The van der Waals surface area contributed by atoms with Gasteiger partial charge in [-0.3, -0.25) is 9.52 Å². The molecule has 0 unspecified atom stereocenters. The van der Waals surface area contributed by atoms with E-state index < -0.39 is 10.0 Å². The summed E-state index contributed by atoms with van der Waals surface area (Å²) in [4.78, 5) is 14.2. The van der Waals surface area contributed by atoms with Gasteiger partial charge in [0.15, 0.2) is 0 Å². The number of nitrogens with one attached hydrogen (secondary N) is 2. The Labute approximate surface area is 115 Å². The van der Waals surface area contributed by atoms with Crippen LogP contribution in [0, 0.1) is 0 Å². The summed E-state index contributed by atoms with van der Waals surface area (Å²) in [6.07, 6.45) is 3.08. The minimum Gasteiger partial charge on any atom is -0.328 e. The van der Waals surface area contributed by atoms with Crippen LogP contribution in [-0.2, 0) is 10.0 Å². The van der Waals surface area contributed by atoms with Crippen molar-refractivity contribution in [2.45, 2.75) is 9.79 Å². The van der Waals surface area contributed by atoms with Crippen LogP contribution in [0.2, 0.25) is 0 Å². The SMILES string of the molecule is CSc1cccc(NS(=O)(=O)c2ccc(=O)[nH]c2)c1. The third kappa shape index (κ3) is 3.39. The van der Waals surface area contributed by atoms with E-state index >= 15 is 0 Å². The topological polar surface area (TPSA) is 79.0 Å². The Morgan fingerprint density at radius 3 is 2.63 bits per heavy atom. The van der Waals surface area contributed by atoms with Crippen LogP contribution in [0.15, 0.2) is 57.2 Å². The molecule has 100 valence electrons. The minimum atomic E-state index is -3.68. The van der Waals surface area contributed by atoms with Gasteiger partial charge in [0.2, 0.25) is 5.56 Å². The second-order valence-corrected chi connectivity index (χ2v) is 6.29. The monoisotopic (exact) mass is 296 g/mol. The van der Waals surface area contributed by atoms with Crippen LogP contribution >= 0.6 is 11.8 Å². The Balaban J connectivity index is 2.30. The largest absolute Gasteiger partial charge is 0.328 e. The van der Waals surface area contributed by atoms with Crippen LogP contribution in [0.3, 0.4) is 0 Å². The lowest BCUT2D eigenvalue weighted by Crippen LogP contribution is -2.15. The highest BCUT2D eigenvalue weighted by Crippen LogP contribution is 2.21. The maximum absolute atomic E-state index is 12.1. The standard InChI is InChI=1S/C12H12N2O3S2/c1-18-10-4-2-3-9(7-10)14-19(16,17)11-5-6-12(15)13-8-11/h2-8,14H,1H3,(H,13,15).